The van der Waals surface area contributed by atoms with Crippen LogP contribution in [-0.4, -0.2) is 82.6 Å². The van der Waals surface area contributed by atoms with Crippen molar-refractivity contribution >= 4 is 40.1 Å². The van der Waals surface area contributed by atoms with Crippen LogP contribution in [0.5, 0.6) is 0 Å². The van der Waals surface area contributed by atoms with Gasteiger partial charge in [0.1, 0.15) is 5.82 Å². The molecule has 0 aliphatic carbocycles. The minimum Gasteiger partial charge on any atom is -0.379 e. The Morgan fingerprint density at radius 2 is 1.75 bits per heavy atom. The fourth-order valence-electron chi connectivity index (χ4n) is 6.78. The number of amides is 2. The summed E-state index contributed by atoms with van der Waals surface area (Å²) in [5.74, 6) is -0.823. The number of aromatic nitrogens is 3. The number of alkyl halides is 3. The number of halogens is 4. The van der Waals surface area contributed by atoms with Crippen molar-refractivity contribution in [3.8, 4) is 0 Å². The average Bonchev–Trinajstić information content (AvgIpc) is 3.26. The highest BCUT2D eigenvalue weighted by Crippen LogP contribution is 2.39. The number of nitrogens with zero attached hydrogens (tertiary/aromatic N) is 5. The van der Waals surface area contributed by atoms with Crippen LogP contribution in [0.3, 0.4) is 0 Å². The largest absolute Gasteiger partial charge is 0.451 e. The number of pyridine rings is 1. The van der Waals surface area contributed by atoms with E-state index in [0.29, 0.717) is 42.8 Å². The Hall–Kier alpha value is -3.55. The molecule has 0 radical (unpaired) electrons. The normalized spacial score (nSPS) is 23.0. The number of carbonyl (C=O) groups excluding carboxylic acids is 2. The van der Waals surface area contributed by atoms with E-state index in [4.69, 9.17) is 21.3 Å². The lowest BCUT2D eigenvalue weighted by Crippen LogP contribution is -2.50. The third-order valence-electron chi connectivity index (χ3n) is 8.69. The molecule has 3 aromatic rings. The van der Waals surface area contributed by atoms with Crippen LogP contribution in [0.25, 0.3) is 10.9 Å². The summed E-state index contributed by atoms with van der Waals surface area (Å²) in [4.78, 5) is 41.6. The van der Waals surface area contributed by atoms with Crippen LogP contribution in [0.1, 0.15) is 60.4 Å². The Labute approximate surface area is 257 Å². The fourth-order valence-corrected chi connectivity index (χ4v) is 7.03. The molecule has 3 saturated heterocycles. The molecular weight excluding hydrogens is 599 g/mol. The summed E-state index contributed by atoms with van der Waals surface area (Å²) >= 11 is 6.55. The Bertz CT molecular complexity index is 1520. The maximum atomic E-state index is 13.6. The van der Waals surface area contributed by atoms with Crippen molar-refractivity contribution in [3.05, 3.63) is 58.6 Å². The van der Waals surface area contributed by atoms with Gasteiger partial charge in [-0.2, -0.15) is 13.2 Å². The quantitative estimate of drug-likeness (QED) is 0.400. The van der Waals surface area contributed by atoms with Crippen LogP contribution in [0, 0.1) is 0 Å². The maximum Gasteiger partial charge on any atom is 0.451 e. The molecular formula is C30H33ClF3N7O3. The van der Waals surface area contributed by atoms with Crippen LogP contribution in [0.15, 0.2) is 36.7 Å². The maximum absolute atomic E-state index is 13.6. The molecule has 0 saturated carbocycles. The number of anilines is 1. The highest BCUT2D eigenvalue weighted by atomic mass is 35.5. The molecule has 0 spiro atoms. The Morgan fingerprint density at radius 3 is 2.39 bits per heavy atom. The first-order valence-electron chi connectivity index (χ1n) is 14.7. The Morgan fingerprint density at radius 1 is 1.07 bits per heavy atom. The van der Waals surface area contributed by atoms with Gasteiger partial charge in [0.05, 0.1) is 35.4 Å². The SMILES string of the molecule is CC(=O)NC1CC2CCC(C1)N2c1ccc2c(C(=O)NCC(c3cnc(C(F)(F)F)nc3)N3CCOCC3)c(Cl)ccc2n1. The van der Waals surface area contributed by atoms with Crippen molar-refractivity contribution in [3.63, 3.8) is 0 Å². The average molecular weight is 632 g/mol. The number of morpholine rings is 1. The van der Waals surface area contributed by atoms with Crippen molar-refractivity contribution < 1.29 is 27.5 Å². The van der Waals surface area contributed by atoms with Gasteiger partial charge in [0.15, 0.2) is 0 Å². The van der Waals surface area contributed by atoms with E-state index in [1.54, 1.807) is 19.1 Å². The third-order valence-corrected chi connectivity index (χ3v) is 9.01. The van der Waals surface area contributed by atoms with Gasteiger partial charge >= 0.3 is 6.18 Å². The lowest BCUT2D eigenvalue weighted by atomic mass is 9.97. The van der Waals surface area contributed by atoms with E-state index in [2.05, 4.69) is 25.5 Å². The first kappa shape index (κ1) is 30.5. The molecule has 44 heavy (non-hydrogen) atoms. The zero-order valence-electron chi connectivity index (χ0n) is 24.1. The molecule has 2 N–H and O–H groups in total. The standard InChI is InChI=1S/C30H33ClF3N7O3/c1-17(42)38-19-12-20-2-3-21(13-19)41(20)26-7-4-22-24(39-26)6-5-23(31)27(22)28(43)35-16-25(40-8-10-44-11-9-40)18-14-36-29(37-15-18)30(32,33)34/h4-7,14-15,19-21,25H,2-3,8-13,16H2,1H3,(H,35,43)(H,38,42). The molecule has 2 aromatic heterocycles. The number of hydrogen-bond acceptors (Lipinski definition) is 8. The van der Waals surface area contributed by atoms with E-state index in [1.165, 1.54) is 0 Å². The molecule has 5 heterocycles. The topological polar surface area (TPSA) is 113 Å². The molecule has 234 valence electrons. The summed E-state index contributed by atoms with van der Waals surface area (Å²) in [7, 11) is 0. The van der Waals surface area contributed by atoms with Crippen LogP contribution in [0.4, 0.5) is 19.0 Å². The predicted octanol–water partition coefficient (Wildman–Crippen LogP) is 4.14. The van der Waals surface area contributed by atoms with Crippen molar-refractivity contribution in [2.24, 2.45) is 0 Å². The molecule has 3 fully saturated rings. The van der Waals surface area contributed by atoms with E-state index in [1.807, 2.05) is 17.0 Å². The van der Waals surface area contributed by atoms with Gasteiger partial charge in [-0.3, -0.25) is 14.5 Å². The van der Waals surface area contributed by atoms with Gasteiger partial charge in [0, 0.05) is 68.0 Å². The van der Waals surface area contributed by atoms with Crippen molar-refractivity contribution in [1.82, 2.24) is 30.5 Å². The summed E-state index contributed by atoms with van der Waals surface area (Å²) in [6.07, 6.45) is 1.45. The molecule has 6 rings (SSSR count). The number of piperidine rings is 1. The molecule has 3 atom stereocenters. The second kappa shape index (κ2) is 12.4. The highest BCUT2D eigenvalue weighted by molar-refractivity contribution is 6.35. The van der Waals surface area contributed by atoms with Crippen molar-refractivity contribution in [1.29, 1.82) is 0 Å². The third kappa shape index (κ3) is 6.31. The van der Waals surface area contributed by atoms with E-state index >= 15 is 0 Å². The second-order valence-corrected chi connectivity index (χ2v) is 11.9. The van der Waals surface area contributed by atoms with Gasteiger partial charge in [0.2, 0.25) is 11.7 Å². The minimum atomic E-state index is -4.65. The zero-order chi connectivity index (χ0) is 31.0. The molecule has 3 aliphatic heterocycles. The molecule has 10 nitrogen and oxygen atoms in total. The predicted molar refractivity (Wildman–Crippen MR) is 157 cm³/mol. The molecule has 14 heteroatoms. The molecule has 2 amide bonds. The van der Waals surface area contributed by atoms with Crippen LogP contribution in [0.2, 0.25) is 5.02 Å². The second-order valence-electron chi connectivity index (χ2n) is 11.5. The number of nitrogens with one attached hydrogen (secondary N) is 2. The van der Waals surface area contributed by atoms with Crippen molar-refractivity contribution in [2.75, 3.05) is 37.7 Å². The van der Waals surface area contributed by atoms with Crippen molar-refractivity contribution in [2.45, 2.75) is 63.0 Å². The summed E-state index contributed by atoms with van der Waals surface area (Å²) in [5.41, 5.74) is 1.36. The number of benzene rings is 1. The van der Waals surface area contributed by atoms with Gasteiger partial charge in [-0.1, -0.05) is 11.6 Å². The first-order chi connectivity index (χ1) is 21.1. The lowest BCUT2D eigenvalue weighted by Gasteiger charge is -2.40. The molecule has 3 aliphatic rings. The molecule has 3 unspecified atom stereocenters. The fraction of sp³-hybridized carbons (Fsp3) is 0.500. The molecule has 1 aromatic carbocycles. The van der Waals surface area contributed by atoms with Crippen LogP contribution >= 0.6 is 11.6 Å². The van der Waals surface area contributed by atoms with Gasteiger partial charge < -0.3 is 20.3 Å². The number of hydrogen-bond donors (Lipinski definition) is 2. The number of rotatable bonds is 7. The number of ether oxygens (including phenoxy) is 1. The Kier molecular flexibility index (Phi) is 8.62. The van der Waals surface area contributed by atoms with E-state index < -0.39 is 23.9 Å². The van der Waals surface area contributed by atoms with Gasteiger partial charge in [-0.05, 0) is 49.9 Å². The highest BCUT2D eigenvalue weighted by Gasteiger charge is 2.42. The number of fused-ring (bicyclic) bond motifs is 3. The minimum absolute atomic E-state index is 0.0154. The monoisotopic (exact) mass is 631 g/mol. The Balaban J connectivity index is 1.22. The zero-order valence-corrected chi connectivity index (χ0v) is 24.9. The summed E-state index contributed by atoms with van der Waals surface area (Å²) in [5, 5.41) is 6.86. The smallest absolute Gasteiger partial charge is 0.379 e. The van der Waals surface area contributed by atoms with E-state index in [0.717, 1.165) is 43.9 Å². The van der Waals surface area contributed by atoms with Gasteiger partial charge in [-0.15, -0.1) is 0 Å². The van der Waals surface area contributed by atoms with Crippen LogP contribution in [-0.2, 0) is 15.7 Å². The van der Waals surface area contributed by atoms with Gasteiger partial charge in [0.25, 0.3) is 5.91 Å². The van der Waals surface area contributed by atoms with E-state index in [-0.39, 0.29) is 41.2 Å². The first-order valence-corrected chi connectivity index (χ1v) is 15.1. The van der Waals surface area contributed by atoms with Crippen LogP contribution < -0.4 is 15.5 Å². The van der Waals surface area contributed by atoms with E-state index in [9.17, 15) is 22.8 Å². The summed E-state index contributed by atoms with van der Waals surface area (Å²) < 4.78 is 44.7. The summed E-state index contributed by atoms with van der Waals surface area (Å²) in [6.45, 7) is 3.63. The molecule has 2 bridgehead atoms. The summed E-state index contributed by atoms with van der Waals surface area (Å²) in [6, 6.07) is 7.45. The lowest BCUT2D eigenvalue weighted by molar-refractivity contribution is -0.145. The van der Waals surface area contributed by atoms with Gasteiger partial charge in [-0.25, -0.2) is 15.0 Å². The number of carbonyl (C=O) groups is 2.